The molecule has 8 nitrogen and oxygen atoms in total. The normalized spacial score (nSPS) is 19.6. The van der Waals surface area contributed by atoms with Crippen LogP contribution < -0.4 is 0 Å². The van der Waals surface area contributed by atoms with Crippen molar-refractivity contribution in [3.05, 3.63) is 59.3 Å². The Hall–Kier alpha value is -3.29. The van der Waals surface area contributed by atoms with Gasteiger partial charge in [-0.1, -0.05) is 6.07 Å². The zero-order chi connectivity index (χ0) is 19.1. The third-order valence-corrected chi connectivity index (χ3v) is 4.94. The molecule has 0 bridgehead atoms. The molecule has 1 saturated heterocycles. The number of fused-ring (bicyclic) bond motifs is 1. The predicted octanol–water partition coefficient (Wildman–Crippen LogP) is 1.68. The van der Waals surface area contributed by atoms with Crippen LogP contribution in [0.1, 0.15) is 33.5 Å². The molecule has 1 N–H and O–H groups in total. The number of pyridine rings is 1. The number of nitrogens with zero attached hydrogens (tertiary/aromatic N) is 5. The Morgan fingerprint density at radius 3 is 2.70 bits per heavy atom. The summed E-state index contributed by atoms with van der Waals surface area (Å²) in [6, 6.07) is 8.94. The quantitative estimate of drug-likeness (QED) is 0.758. The molecule has 1 aliphatic rings. The van der Waals surface area contributed by atoms with Crippen LogP contribution in [0.25, 0.3) is 5.65 Å². The summed E-state index contributed by atoms with van der Waals surface area (Å²) in [6.45, 7) is 4.22. The number of hydrogen-bond acceptors (Lipinski definition) is 5. The second kappa shape index (κ2) is 6.46. The molecule has 0 unspecified atom stereocenters. The van der Waals surface area contributed by atoms with Gasteiger partial charge in [0, 0.05) is 48.4 Å². The van der Waals surface area contributed by atoms with Crippen molar-refractivity contribution in [3.63, 3.8) is 0 Å². The highest BCUT2D eigenvalue weighted by Gasteiger charge is 2.41. The number of aromatic nitrogens is 4. The van der Waals surface area contributed by atoms with Gasteiger partial charge in [0.15, 0.2) is 11.3 Å². The molecule has 0 saturated carbocycles. The summed E-state index contributed by atoms with van der Waals surface area (Å²) in [4.78, 5) is 34.9. The lowest BCUT2D eigenvalue weighted by molar-refractivity contribution is -0.141. The van der Waals surface area contributed by atoms with E-state index in [0.717, 1.165) is 11.4 Å². The van der Waals surface area contributed by atoms with Gasteiger partial charge in [0.25, 0.3) is 5.91 Å². The van der Waals surface area contributed by atoms with E-state index < -0.39 is 11.9 Å². The first-order chi connectivity index (χ1) is 12.9. The minimum absolute atomic E-state index is 0.134. The van der Waals surface area contributed by atoms with Gasteiger partial charge in [0.05, 0.1) is 5.92 Å². The highest BCUT2D eigenvalue weighted by Crippen LogP contribution is 2.32. The van der Waals surface area contributed by atoms with Crippen LogP contribution in [0.4, 0.5) is 0 Å². The minimum atomic E-state index is -0.927. The number of aryl methyl sites for hydroxylation is 2. The van der Waals surface area contributed by atoms with Crippen molar-refractivity contribution in [1.29, 1.82) is 0 Å². The number of amides is 1. The average Bonchev–Trinajstić information content (AvgIpc) is 3.26. The van der Waals surface area contributed by atoms with E-state index in [9.17, 15) is 14.7 Å². The standard InChI is InChI=1S/C19H19N5O3/c1-11-7-12(2)24-17(21-11)8-16(22-24)18(25)23-9-13(14(10-23)19(26)27)15-5-3-4-6-20-15/h3-8,13-14H,9-10H2,1-2H3,(H,26,27)/t13-,14-/m1/s1. The molecule has 8 heteroatoms. The van der Waals surface area contributed by atoms with E-state index in [0.29, 0.717) is 17.9 Å². The van der Waals surface area contributed by atoms with Gasteiger partial charge in [-0.2, -0.15) is 5.10 Å². The Kier molecular flexibility index (Phi) is 4.10. The van der Waals surface area contributed by atoms with Crippen molar-refractivity contribution in [1.82, 2.24) is 24.5 Å². The van der Waals surface area contributed by atoms with Crippen LogP contribution in [0.5, 0.6) is 0 Å². The number of aliphatic carboxylic acids is 1. The molecule has 27 heavy (non-hydrogen) atoms. The Bertz CT molecular complexity index is 1030. The molecular formula is C19H19N5O3. The van der Waals surface area contributed by atoms with Crippen molar-refractivity contribution in [2.45, 2.75) is 19.8 Å². The fraction of sp³-hybridized carbons (Fsp3) is 0.316. The second-order valence-corrected chi connectivity index (χ2v) is 6.85. The molecule has 0 spiro atoms. The molecule has 2 atom stereocenters. The van der Waals surface area contributed by atoms with Gasteiger partial charge in [-0.05, 0) is 32.0 Å². The zero-order valence-electron chi connectivity index (χ0n) is 15.0. The third kappa shape index (κ3) is 3.03. The molecule has 138 valence electrons. The van der Waals surface area contributed by atoms with Crippen LogP contribution in [0.3, 0.4) is 0 Å². The maximum absolute atomic E-state index is 13.0. The van der Waals surface area contributed by atoms with Gasteiger partial charge in [-0.25, -0.2) is 9.50 Å². The molecule has 4 rings (SSSR count). The highest BCUT2D eigenvalue weighted by atomic mass is 16.4. The van der Waals surface area contributed by atoms with Crippen LogP contribution in [-0.4, -0.2) is 54.6 Å². The van der Waals surface area contributed by atoms with Crippen molar-refractivity contribution in [2.24, 2.45) is 5.92 Å². The topological polar surface area (TPSA) is 101 Å². The van der Waals surface area contributed by atoms with Crippen molar-refractivity contribution < 1.29 is 14.7 Å². The zero-order valence-corrected chi connectivity index (χ0v) is 15.0. The van der Waals surface area contributed by atoms with Gasteiger partial charge in [-0.15, -0.1) is 0 Å². The second-order valence-electron chi connectivity index (χ2n) is 6.85. The van der Waals surface area contributed by atoms with Crippen LogP contribution in [0, 0.1) is 19.8 Å². The first-order valence-corrected chi connectivity index (χ1v) is 8.71. The van der Waals surface area contributed by atoms with Crippen LogP contribution in [-0.2, 0) is 4.79 Å². The van der Waals surface area contributed by atoms with E-state index >= 15 is 0 Å². The lowest BCUT2D eigenvalue weighted by Crippen LogP contribution is -2.30. The number of hydrogen-bond donors (Lipinski definition) is 1. The molecule has 3 aromatic heterocycles. The Morgan fingerprint density at radius 2 is 2.00 bits per heavy atom. The molecule has 0 aliphatic carbocycles. The molecule has 0 aromatic carbocycles. The summed E-state index contributed by atoms with van der Waals surface area (Å²) in [5, 5.41) is 14.0. The number of carboxylic acid groups (broad SMARTS) is 1. The summed E-state index contributed by atoms with van der Waals surface area (Å²) in [5.41, 5.74) is 3.28. The van der Waals surface area contributed by atoms with Crippen LogP contribution in [0.15, 0.2) is 36.5 Å². The largest absolute Gasteiger partial charge is 0.481 e. The summed E-state index contributed by atoms with van der Waals surface area (Å²) in [6.07, 6.45) is 1.64. The number of carbonyl (C=O) groups is 2. The first-order valence-electron chi connectivity index (χ1n) is 8.71. The minimum Gasteiger partial charge on any atom is -0.481 e. The first kappa shape index (κ1) is 17.1. The molecule has 1 amide bonds. The average molecular weight is 365 g/mol. The lowest BCUT2D eigenvalue weighted by Gasteiger charge is -2.14. The molecule has 3 aromatic rings. The molecule has 0 radical (unpaired) electrons. The number of carbonyl (C=O) groups excluding carboxylic acids is 1. The molecule has 1 fully saturated rings. The van der Waals surface area contributed by atoms with E-state index in [-0.39, 0.29) is 24.1 Å². The SMILES string of the molecule is Cc1cc(C)n2nc(C(=O)N3C[C@@H](C(=O)O)[C@H](c4ccccn4)C3)cc2n1. The fourth-order valence-corrected chi connectivity index (χ4v) is 3.67. The lowest BCUT2D eigenvalue weighted by atomic mass is 9.93. The molecule has 4 heterocycles. The van der Waals surface area contributed by atoms with E-state index in [4.69, 9.17) is 0 Å². The van der Waals surface area contributed by atoms with Gasteiger partial charge >= 0.3 is 5.97 Å². The number of likely N-dealkylation sites (tertiary alicyclic amines) is 1. The highest BCUT2D eigenvalue weighted by molar-refractivity contribution is 5.94. The maximum Gasteiger partial charge on any atom is 0.309 e. The fourth-order valence-electron chi connectivity index (χ4n) is 3.67. The van der Waals surface area contributed by atoms with Crippen LogP contribution in [0.2, 0.25) is 0 Å². The van der Waals surface area contributed by atoms with Gasteiger partial charge in [0.2, 0.25) is 0 Å². The monoisotopic (exact) mass is 365 g/mol. The Balaban J connectivity index is 1.64. The van der Waals surface area contributed by atoms with Crippen molar-refractivity contribution in [2.75, 3.05) is 13.1 Å². The van der Waals surface area contributed by atoms with Gasteiger partial charge < -0.3 is 10.0 Å². The summed E-state index contributed by atoms with van der Waals surface area (Å²) >= 11 is 0. The van der Waals surface area contributed by atoms with Crippen molar-refractivity contribution >= 4 is 17.5 Å². The van der Waals surface area contributed by atoms with Crippen LogP contribution >= 0.6 is 0 Å². The van der Waals surface area contributed by atoms with E-state index in [1.807, 2.05) is 26.0 Å². The molecular weight excluding hydrogens is 346 g/mol. The number of rotatable bonds is 3. The summed E-state index contributed by atoms with van der Waals surface area (Å²) in [7, 11) is 0. The van der Waals surface area contributed by atoms with E-state index in [1.54, 1.807) is 33.8 Å². The summed E-state index contributed by atoms with van der Waals surface area (Å²) < 4.78 is 1.63. The third-order valence-electron chi connectivity index (χ3n) is 4.94. The van der Waals surface area contributed by atoms with E-state index in [2.05, 4.69) is 15.1 Å². The Labute approximate surface area is 155 Å². The molecule has 1 aliphatic heterocycles. The van der Waals surface area contributed by atoms with Gasteiger partial charge in [0.1, 0.15) is 0 Å². The predicted molar refractivity (Wildman–Crippen MR) is 96.5 cm³/mol. The Morgan fingerprint density at radius 1 is 1.19 bits per heavy atom. The maximum atomic E-state index is 13.0. The van der Waals surface area contributed by atoms with Crippen molar-refractivity contribution in [3.8, 4) is 0 Å². The number of carboxylic acids is 1. The van der Waals surface area contributed by atoms with E-state index in [1.165, 1.54) is 0 Å². The smallest absolute Gasteiger partial charge is 0.309 e. The van der Waals surface area contributed by atoms with Gasteiger partial charge in [-0.3, -0.25) is 14.6 Å². The summed E-state index contributed by atoms with van der Waals surface area (Å²) in [5.74, 6) is -2.25.